The van der Waals surface area contributed by atoms with Crippen molar-refractivity contribution in [1.82, 2.24) is 0 Å². The zero-order valence-electron chi connectivity index (χ0n) is 15.3. The van der Waals surface area contributed by atoms with Gasteiger partial charge < -0.3 is 19.1 Å². The Hall–Kier alpha value is -0.433. The lowest BCUT2D eigenvalue weighted by molar-refractivity contribution is -0.106. The summed E-state index contributed by atoms with van der Waals surface area (Å²) in [5, 5.41) is 14.6. The van der Waals surface area contributed by atoms with Gasteiger partial charge in [-0.2, -0.15) is 0 Å². The number of hydrogen-bond acceptors (Lipinski definition) is 5. The monoisotopic (exact) mass is 331 g/mol. The van der Waals surface area contributed by atoms with Crippen LogP contribution in [0.25, 0.3) is 0 Å². The maximum Gasteiger partial charge on any atom is 0.192 e. The van der Waals surface area contributed by atoms with Crippen LogP contribution in [0, 0.1) is 5.92 Å². The summed E-state index contributed by atoms with van der Waals surface area (Å²) in [7, 11) is 1.24. The standard InChI is InChI=1S/C16H33NO4Si/c1-11(17-20-6)12-9-10-13(18)15(14(12)19-5)21-22(7,8)16(2,3)4/h12-15,18H,9-10H2,1-8H3/b17-11+/t12-,13+,14-,15-/m1/s1. The van der Waals surface area contributed by atoms with Crippen molar-refractivity contribution >= 4 is 14.0 Å². The van der Waals surface area contributed by atoms with Gasteiger partial charge in [0.25, 0.3) is 0 Å². The predicted octanol–water partition coefficient (Wildman–Crippen LogP) is 3.19. The van der Waals surface area contributed by atoms with E-state index < -0.39 is 14.4 Å². The molecule has 0 saturated heterocycles. The molecule has 0 aromatic carbocycles. The van der Waals surface area contributed by atoms with Crippen LogP contribution in [0.1, 0.15) is 40.5 Å². The molecule has 1 rings (SSSR count). The Labute approximate surface area is 136 Å². The van der Waals surface area contributed by atoms with Gasteiger partial charge >= 0.3 is 0 Å². The quantitative estimate of drug-likeness (QED) is 0.477. The van der Waals surface area contributed by atoms with Crippen molar-refractivity contribution in [1.29, 1.82) is 0 Å². The normalized spacial score (nSPS) is 31.2. The van der Waals surface area contributed by atoms with E-state index in [1.54, 1.807) is 14.2 Å². The lowest BCUT2D eigenvalue weighted by Gasteiger charge is -2.46. The fourth-order valence-electron chi connectivity index (χ4n) is 2.75. The Morgan fingerprint density at radius 1 is 1.14 bits per heavy atom. The van der Waals surface area contributed by atoms with Gasteiger partial charge in [0.15, 0.2) is 8.32 Å². The van der Waals surface area contributed by atoms with Crippen LogP contribution in [-0.4, -0.2) is 51.7 Å². The highest BCUT2D eigenvalue weighted by atomic mass is 28.4. The molecule has 5 nitrogen and oxygen atoms in total. The van der Waals surface area contributed by atoms with Gasteiger partial charge in [0.2, 0.25) is 0 Å². The third kappa shape index (κ3) is 4.31. The molecular weight excluding hydrogens is 298 g/mol. The summed E-state index contributed by atoms with van der Waals surface area (Å²) in [6.07, 6.45) is 0.518. The van der Waals surface area contributed by atoms with Gasteiger partial charge in [0.1, 0.15) is 7.11 Å². The molecule has 130 valence electrons. The number of ether oxygens (including phenoxy) is 1. The van der Waals surface area contributed by atoms with Gasteiger partial charge in [0.05, 0.1) is 24.0 Å². The van der Waals surface area contributed by atoms with Crippen LogP contribution in [0.4, 0.5) is 0 Å². The summed E-state index contributed by atoms with van der Waals surface area (Å²) < 4.78 is 12.2. The Morgan fingerprint density at radius 3 is 2.18 bits per heavy atom. The van der Waals surface area contributed by atoms with Crippen molar-refractivity contribution in [2.75, 3.05) is 14.2 Å². The lowest BCUT2D eigenvalue weighted by Crippen LogP contribution is -2.56. The van der Waals surface area contributed by atoms with E-state index in [0.717, 1.165) is 12.1 Å². The second-order valence-corrected chi connectivity index (χ2v) is 12.5. The first-order valence-electron chi connectivity index (χ1n) is 8.01. The average Bonchev–Trinajstić information content (AvgIpc) is 2.39. The predicted molar refractivity (Wildman–Crippen MR) is 91.7 cm³/mol. The first-order valence-corrected chi connectivity index (χ1v) is 10.9. The Morgan fingerprint density at radius 2 is 1.73 bits per heavy atom. The van der Waals surface area contributed by atoms with E-state index in [4.69, 9.17) is 14.0 Å². The molecule has 0 aromatic heterocycles. The Kier molecular flexibility index (Phi) is 6.62. The molecule has 0 aliphatic heterocycles. The van der Waals surface area contributed by atoms with Crippen LogP contribution >= 0.6 is 0 Å². The summed E-state index contributed by atoms with van der Waals surface area (Å²) in [4.78, 5) is 4.90. The molecule has 0 spiro atoms. The van der Waals surface area contributed by atoms with E-state index in [1.165, 1.54) is 0 Å². The SMILES string of the molecule is CO/N=C(\C)[C@H]1CC[C@H](O)[C@@H](O[Si](C)(C)C(C)(C)C)[C@@H]1OC. The van der Waals surface area contributed by atoms with Gasteiger partial charge in [-0.3, -0.25) is 0 Å². The molecule has 0 unspecified atom stereocenters. The van der Waals surface area contributed by atoms with Crippen molar-refractivity contribution in [3.63, 3.8) is 0 Å². The zero-order chi connectivity index (χ0) is 17.1. The molecule has 0 radical (unpaired) electrons. The summed E-state index contributed by atoms with van der Waals surface area (Å²) in [6.45, 7) is 12.9. The minimum absolute atomic E-state index is 0.0909. The molecule has 0 aromatic rings. The van der Waals surface area contributed by atoms with Crippen LogP contribution in [0.5, 0.6) is 0 Å². The lowest BCUT2D eigenvalue weighted by atomic mass is 9.80. The molecule has 1 fully saturated rings. The fraction of sp³-hybridized carbons (Fsp3) is 0.938. The van der Waals surface area contributed by atoms with E-state index in [-0.39, 0.29) is 23.2 Å². The summed E-state index contributed by atoms with van der Waals surface area (Å²) >= 11 is 0. The van der Waals surface area contributed by atoms with Crippen molar-refractivity contribution in [2.24, 2.45) is 11.1 Å². The average molecular weight is 332 g/mol. The molecule has 4 atom stereocenters. The fourth-order valence-corrected chi connectivity index (χ4v) is 4.07. The van der Waals surface area contributed by atoms with Crippen molar-refractivity contribution in [3.05, 3.63) is 0 Å². The highest BCUT2D eigenvalue weighted by Crippen LogP contribution is 2.40. The first-order chi connectivity index (χ1) is 10.0. The van der Waals surface area contributed by atoms with Gasteiger partial charge in [-0.05, 0) is 37.9 Å². The topological polar surface area (TPSA) is 60.3 Å². The molecule has 0 amide bonds. The molecule has 1 saturated carbocycles. The van der Waals surface area contributed by atoms with Crippen LogP contribution in [0.2, 0.25) is 18.1 Å². The second-order valence-electron chi connectivity index (χ2n) is 7.71. The third-order valence-electron chi connectivity index (χ3n) is 5.15. The van der Waals surface area contributed by atoms with Crippen LogP contribution in [-0.2, 0) is 14.0 Å². The zero-order valence-corrected chi connectivity index (χ0v) is 16.3. The maximum absolute atomic E-state index is 10.5. The molecule has 1 aliphatic carbocycles. The highest BCUT2D eigenvalue weighted by molar-refractivity contribution is 6.74. The van der Waals surface area contributed by atoms with Crippen LogP contribution < -0.4 is 0 Å². The number of aliphatic hydroxyl groups excluding tert-OH is 1. The number of rotatable bonds is 5. The third-order valence-corrected chi connectivity index (χ3v) is 9.63. The van der Waals surface area contributed by atoms with E-state index in [1.807, 2.05) is 6.92 Å². The van der Waals surface area contributed by atoms with Crippen molar-refractivity contribution in [3.8, 4) is 0 Å². The maximum atomic E-state index is 10.5. The Balaban J connectivity index is 3.02. The van der Waals surface area contributed by atoms with E-state index >= 15 is 0 Å². The molecule has 0 heterocycles. The summed E-state index contributed by atoms with van der Waals surface area (Å²) in [6, 6.07) is 0. The van der Waals surface area contributed by atoms with Gasteiger partial charge in [-0.25, -0.2) is 0 Å². The molecule has 1 N–H and O–H groups in total. The van der Waals surface area contributed by atoms with E-state index in [0.29, 0.717) is 6.42 Å². The highest BCUT2D eigenvalue weighted by Gasteiger charge is 2.47. The number of methoxy groups -OCH3 is 1. The summed E-state index contributed by atoms with van der Waals surface area (Å²) in [5.74, 6) is 0.114. The van der Waals surface area contributed by atoms with Gasteiger partial charge in [-0.15, -0.1) is 0 Å². The smallest absolute Gasteiger partial charge is 0.192 e. The van der Waals surface area contributed by atoms with Crippen molar-refractivity contribution in [2.45, 2.75) is 77.0 Å². The molecular formula is C16H33NO4Si. The number of hydrogen-bond donors (Lipinski definition) is 1. The van der Waals surface area contributed by atoms with Gasteiger partial charge in [-0.1, -0.05) is 25.9 Å². The second kappa shape index (κ2) is 7.42. The van der Waals surface area contributed by atoms with Gasteiger partial charge in [0, 0.05) is 13.0 Å². The molecule has 0 bridgehead atoms. The van der Waals surface area contributed by atoms with Crippen LogP contribution in [0.15, 0.2) is 5.16 Å². The molecule has 22 heavy (non-hydrogen) atoms. The largest absolute Gasteiger partial charge is 0.409 e. The first kappa shape index (κ1) is 19.6. The number of oxime groups is 1. The molecule has 6 heteroatoms. The molecule has 1 aliphatic rings. The summed E-state index contributed by atoms with van der Waals surface area (Å²) in [5.41, 5.74) is 0.894. The minimum atomic E-state index is -1.99. The van der Waals surface area contributed by atoms with E-state index in [2.05, 4.69) is 39.0 Å². The Bertz CT molecular complexity index is 392. The van der Waals surface area contributed by atoms with Crippen molar-refractivity contribution < 1.29 is 19.1 Å². The van der Waals surface area contributed by atoms with Crippen LogP contribution in [0.3, 0.4) is 0 Å². The number of aliphatic hydroxyl groups is 1. The minimum Gasteiger partial charge on any atom is -0.409 e. The van der Waals surface area contributed by atoms with E-state index in [9.17, 15) is 5.11 Å². The number of nitrogens with zero attached hydrogens (tertiary/aromatic N) is 1.